The van der Waals surface area contributed by atoms with Gasteiger partial charge in [-0.05, 0) is 36.4 Å². The Bertz CT molecular complexity index is 2490. The highest BCUT2D eigenvalue weighted by Gasteiger charge is 2.21. The van der Waals surface area contributed by atoms with E-state index in [2.05, 4.69) is 13.2 Å². The second-order valence-corrected chi connectivity index (χ2v) is 11.8. The molecule has 238 valence electrons. The van der Waals surface area contributed by atoms with E-state index < -0.39 is 0 Å². The Balaban J connectivity index is 1.20. The maximum absolute atomic E-state index is 9.09. The minimum atomic E-state index is -0.0532. The lowest BCUT2D eigenvalue weighted by atomic mass is 10.0. The second-order valence-electron chi connectivity index (χ2n) is 11.8. The Morgan fingerprint density at radius 1 is 0.640 bits per heavy atom. The van der Waals surface area contributed by atoms with Crippen LogP contribution in [0, 0.1) is 5.41 Å². The summed E-state index contributed by atoms with van der Waals surface area (Å²) in [7, 11) is 0. The lowest BCUT2D eigenvalue weighted by Gasteiger charge is -2.09. The van der Waals surface area contributed by atoms with Crippen LogP contribution in [-0.2, 0) is 0 Å². The maximum Gasteiger partial charge on any atom is 0.160 e. The molecule has 0 aliphatic carbocycles. The monoisotopic (exact) mass is 646 g/mol. The van der Waals surface area contributed by atoms with Crippen molar-refractivity contribution in [2.45, 2.75) is 0 Å². The number of para-hydroxylation sites is 1. The lowest BCUT2D eigenvalue weighted by molar-refractivity contribution is 0.601. The summed E-state index contributed by atoms with van der Waals surface area (Å²) < 4.78 is 12.5. The largest absolute Gasteiger partial charge is 0.455 e. The van der Waals surface area contributed by atoms with Gasteiger partial charge in [-0.25, -0.2) is 15.0 Å². The van der Waals surface area contributed by atoms with Crippen LogP contribution in [0.5, 0.6) is 0 Å². The lowest BCUT2D eigenvalue weighted by Crippen LogP contribution is -2.07. The molecule has 0 aliphatic heterocycles. The van der Waals surface area contributed by atoms with E-state index >= 15 is 0 Å². The van der Waals surface area contributed by atoms with Crippen molar-refractivity contribution in [1.29, 1.82) is 5.41 Å². The topological polar surface area (TPSA) is 88.3 Å². The Labute approximate surface area is 288 Å². The van der Waals surface area contributed by atoms with Crippen molar-refractivity contribution >= 4 is 45.1 Å². The van der Waals surface area contributed by atoms with E-state index in [1.165, 1.54) is 0 Å². The standard InChI is InChI=1S/C44H30N4O2/c1-3-34-35-25-32(37-27-36(29-15-7-4-8-16-29)46-44(47-37)31-19-11-6-12-20-31)23-24-39(35)50-42(34)28(2)43(45)48-41(30-17-9-5-10-18-30)40-26-33-21-13-14-22-38(33)49-40/h3-27,45H,1-2H2/b45-43?,48-41-. The molecule has 6 heteroatoms. The molecule has 6 nitrogen and oxygen atoms in total. The van der Waals surface area contributed by atoms with Crippen molar-refractivity contribution < 1.29 is 8.83 Å². The number of benzene rings is 5. The van der Waals surface area contributed by atoms with Gasteiger partial charge in [0.05, 0.1) is 17.0 Å². The summed E-state index contributed by atoms with van der Waals surface area (Å²) in [6, 6.07) is 47.4. The number of aliphatic imine (C=N–C) groups is 1. The summed E-state index contributed by atoms with van der Waals surface area (Å²) in [5.41, 5.74) is 8.18. The van der Waals surface area contributed by atoms with Crippen LogP contribution in [0.25, 0.3) is 67.5 Å². The number of amidine groups is 1. The predicted octanol–water partition coefficient (Wildman–Crippen LogP) is 11.1. The summed E-state index contributed by atoms with van der Waals surface area (Å²) in [5.74, 6) is 1.57. The normalized spacial score (nSPS) is 11.6. The molecule has 0 amide bonds. The second kappa shape index (κ2) is 12.9. The minimum Gasteiger partial charge on any atom is -0.455 e. The van der Waals surface area contributed by atoms with Gasteiger partial charge in [0.2, 0.25) is 0 Å². The first kappa shape index (κ1) is 30.4. The fourth-order valence-electron chi connectivity index (χ4n) is 6.01. The summed E-state index contributed by atoms with van der Waals surface area (Å²) in [6.45, 7) is 8.36. The van der Waals surface area contributed by atoms with Crippen molar-refractivity contribution in [1.82, 2.24) is 9.97 Å². The van der Waals surface area contributed by atoms with Crippen molar-refractivity contribution in [2.75, 3.05) is 0 Å². The zero-order valence-electron chi connectivity index (χ0n) is 27.0. The number of nitrogens with zero attached hydrogens (tertiary/aromatic N) is 3. The van der Waals surface area contributed by atoms with E-state index in [0.29, 0.717) is 34.2 Å². The molecule has 0 radical (unpaired) electrons. The number of hydrogen-bond acceptors (Lipinski definition) is 5. The van der Waals surface area contributed by atoms with E-state index in [1.807, 2.05) is 146 Å². The molecule has 8 rings (SSSR count). The summed E-state index contributed by atoms with van der Waals surface area (Å²) in [5, 5.41) is 10.9. The molecule has 0 saturated heterocycles. The van der Waals surface area contributed by atoms with Gasteiger partial charge in [0.1, 0.15) is 22.6 Å². The Kier molecular flexibility index (Phi) is 7.87. The van der Waals surface area contributed by atoms with Gasteiger partial charge in [0, 0.05) is 38.6 Å². The van der Waals surface area contributed by atoms with Crippen LogP contribution < -0.4 is 0 Å². The maximum atomic E-state index is 9.09. The highest BCUT2D eigenvalue weighted by atomic mass is 16.3. The molecule has 0 saturated carbocycles. The van der Waals surface area contributed by atoms with E-state index in [-0.39, 0.29) is 5.84 Å². The molecule has 50 heavy (non-hydrogen) atoms. The number of nitrogens with one attached hydrogen (secondary N) is 1. The zero-order valence-corrected chi connectivity index (χ0v) is 27.0. The van der Waals surface area contributed by atoms with Crippen molar-refractivity contribution in [3.8, 4) is 33.9 Å². The first-order chi connectivity index (χ1) is 24.6. The minimum absolute atomic E-state index is 0.0532. The Morgan fingerprint density at radius 2 is 1.28 bits per heavy atom. The number of aromatic nitrogens is 2. The van der Waals surface area contributed by atoms with Crippen LogP contribution in [-0.4, -0.2) is 21.5 Å². The molecule has 1 N–H and O–H groups in total. The van der Waals surface area contributed by atoms with Crippen molar-refractivity contribution in [3.63, 3.8) is 0 Å². The molecular formula is C44H30N4O2. The highest BCUT2D eigenvalue weighted by Crippen LogP contribution is 2.36. The van der Waals surface area contributed by atoms with E-state index in [4.69, 9.17) is 29.2 Å². The number of fused-ring (bicyclic) bond motifs is 2. The molecule has 3 heterocycles. The number of rotatable bonds is 8. The molecule has 3 aromatic heterocycles. The van der Waals surface area contributed by atoms with Crippen LogP contribution in [0.2, 0.25) is 0 Å². The van der Waals surface area contributed by atoms with Gasteiger partial charge in [0.15, 0.2) is 17.4 Å². The van der Waals surface area contributed by atoms with E-state index in [0.717, 1.165) is 55.6 Å². The zero-order chi connectivity index (χ0) is 34.0. The van der Waals surface area contributed by atoms with Gasteiger partial charge in [-0.15, -0.1) is 0 Å². The molecule has 0 bridgehead atoms. The smallest absolute Gasteiger partial charge is 0.160 e. The first-order valence-electron chi connectivity index (χ1n) is 16.2. The first-order valence-corrected chi connectivity index (χ1v) is 16.2. The van der Waals surface area contributed by atoms with Gasteiger partial charge in [-0.1, -0.05) is 128 Å². The van der Waals surface area contributed by atoms with Gasteiger partial charge < -0.3 is 8.83 Å². The highest BCUT2D eigenvalue weighted by molar-refractivity contribution is 6.28. The summed E-state index contributed by atoms with van der Waals surface area (Å²) >= 11 is 0. The third-order valence-corrected chi connectivity index (χ3v) is 8.54. The predicted molar refractivity (Wildman–Crippen MR) is 203 cm³/mol. The van der Waals surface area contributed by atoms with E-state index in [1.54, 1.807) is 6.08 Å². The third-order valence-electron chi connectivity index (χ3n) is 8.54. The molecule has 0 fully saturated rings. The molecule has 0 spiro atoms. The summed E-state index contributed by atoms with van der Waals surface area (Å²) in [6.07, 6.45) is 1.73. The fraction of sp³-hybridized carbons (Fsp3) is 0. The van der Waals surface area contributed by atoms with Crippen molar-refractivity contribution in [3.05, 3.63) is 181 Å². The van der Waals surface area contributed by atoms with E-state index in [9.17, 15) is 0 Å². The van der Waals surface area contributed by atoms with Crippen LogP contribution in [0.1, 0.15) is 22.6 Å². The molecule has 8 aromatic rings. The average Bonchev–Trinajstić information content (AvgIpc) is 3.78. The van der Waals surface area contributed by atoms with Gasteiger partial charge in [-0.3, -0.25) is 5.41 Å². The van der Waals surface area contributed by atoms with Gasteiger partial charge in [-0.2, -0.15) is 0 Å². The molecular weight excluding hydrogens is 617 g/mol. The SMILES string of the molecule is C=Cc1c(C(=C)C(=N)/N=C(/c2ccccc2)c2cc3ccccc3o2)oc2ccc(-c3cc(-c4ccccc4)nc(-c4ccccc4)n3)cc12. The Hall–Kier alpha value is -6.92. The molecule has 0 aliphatic rings. The molecule has 0 unspecified atom stereocenters. The van der Waals surface area contributed by atoms with Crippen LogP contribution >= 0.6 is 0 Å². The van der Waals surface area contributed by atoms with Gasteiger partial charge in [0.25, 0.3) is 0 Å². The van der Waals surface area contributed by atoms with Gasteiger partial charge >= 0.3 is 0 Å². The quantitative estimate of drug-likeness (QED) is 0.131. The van der Waals surface area contributed by atoms with Crippen molar-refractivity contribution in [2.24, 2.45) is 4.99 Å². The van der Waals surface area contributed by atoms with Crippen LogP contribution in [0.15, 0.2) is 173 Å². The van der Waals surface area contributed by atoms with Crippen LogP contribution in [0.3, 0.4) is 0 Å². The summed E-state index contributed by atoms with van der Waals surface area (Å²) in [4.78, 5) is 14.7. The number of furan rings is 2. The third kappa shape index (κ3) is 5.76. The molecule has 0 atom stereocenters. The number of hydrogen-bond donors (Lipinski definition) is 1. The molecule has 5 aromatic carbocycles. The fourth-order valence-corrected chi connectivity index (χ4v) is 6.01. The average molecular weight is 647 g/mol. The van der Waals surface area contributed by atoms with Crippen LogP contribution in [0.4, 0.5) is 0 Å². The Morgan fingerprint density at radius 3 is 1.98 bits per heavy atom.